The van der Waals surface area contributed by atoms with E-state index < -0.39 is 0 Å². The summed E-state index contributed by atoms with van der Waals surface area (Å²) in [5.41, 5.74) is 0. The van der Waals surface area contributed by atoms with Crippen LogP contribution in [0.5, 0.6) is 0 Å². The Morgan fingerprint density at radius 2 is 2.06 bits per heavy atom. The number of thioether (sulfide) groups is 1. The summed E-state index contributed by atoms with van der Waals surface area (Å²) in [6.45, 7) is 2.97. The van der Waals surface area contributed by atoms with Crippen LogP contribution in [-0.2, 0) is 12.3 Å². The highest BCUT2D eigenvalue weighted by molar-refractivity contribution is 7.98. The number of tetrazole rings is 1. The van der Waals surface area contributed by atoms with Crippen LogP contribution >= 0.6 is 23.4 Å². The lowest BCUT2D eigenvalue weighted by molar-refractivity contribution is 0.564. The lowest BCUT2D eigenvalue weighted by Crippen LogP contribution is -2.04. The molecule has 1 heterocycles. The van der Waals surface area contributed by atoms with Gasteiger partial charge in [-0.2, -0.15) is 0 Å². The molecule has 4 nitrogen and oxygen atoms in total. The summed E-state index contributed by atoms with van der Waals surface area (Å²) < 4.78 is 1.85. The van der Waals surface area contributed by atoms with Crippen LogP contribution in [0.2, 0.25) is 5.02 Å². The molecule has 17 heavy (non-hydrogen) atoms. The summed E-state index contributed by atoms with van der Waals surface area (Å²) in [5, 5.41) is 12.4. The standard InChI is InChI=1S/C11H13ClN4S/c1-2-7-16-11(13-14-15-16)8-17-10-5-3-9(12)4-6-10/h3-6H,2,7-8H2,1H3. The number of aromatic nitrogens is 4. The van der Waals surface area contributed by atoms with Crippen molar-refractivity contribution < 1.29 is 0 Å². The zero-order valence-electron chi connectivity index (χ0n) is 9.51. The van der Waals surface area contributed by atoms with Gasteiger partial charge in [0, 0.05) is 16.5 Å². The summed E-state index contributed by atoms with van der Waals surface area (Å²) in [6.07, 6.45) is 1.03. The molecule has 0 N–H and O–H groups in total. The Bertz CT molecular complexity index is 469. The molecule has 0 aliphatic rings. The Hall–Kier alpha value is -1.07. The molecule has 90 valence electrons. The monoisotopic (exact) mass is 268 g/mol. The number of hydrogen-bond donors (Lipinski definition) is 0. The van der Waals surface area contributed by atoms with Crippen molar-refractivity contribution in [1.29, 1.82) is 0 Å². The minimum Gasteiger partial charge on any atom is -0.229 e. The van der Waals surface area contributed by atoms with Crippen LogP contribution in [0.3, 0.4) is 0 Å². The van der Waals surface area contributed by atoms with Crippen molar-refractivity contribution in [1.82, 2.24) is 20.2 Å². The van der Waals surface area contributed by atoms with Crippen molar-refractivity contribution in [3.8, 4) is 0 Å². The van der Waals surface area contributed by atoms with Crippen molar-refractivity contribution in [3.05, 3.63) is 35.1 Å². The number of benzene rings is 1. The van der Waals surface area contributed by atoms with E-state index in [-0.39, 0.29) is 0 Å². The first-order valence-electron chi connectivity index (χ1n) is 5.43. The molecule has 1 aromatic heterocycles. The lowest BCUT2D eigenvalue weighted by Gasteiger charge is -2.02. The van der Waals surface area contributed by atoms with Gasteiger partial charge in [0.05, 0.1) is 5.75 Å². The smallest absolute Gasteiger partial charge is 0.161 e. The molecule has 0 atom stereocenters. The molecule has 0 aliphatic carbocycles. The van der Waals surface area contributed by atoms with Crippen LogP contribution in [0.15, 0.2) is 29.2 Å². The molecule has 2 aromatic rings. The first-order chi connectivity index (χ1) is 8.29. The Balaban J connectivity index is 1.97. The van der Waals surface area contributed by atoms with Crippen LogP contribution in [0.4, 0.5) is 0 Å². The first kappa shape index (κ1) is 12.4. The van der Waals surface area contributed by atoms with Crippen LogP contribution in [0.25, 0.3) is 0 Å². The molecule has 0 radical (unpaired) electrons. The Morgan fingerprint density at radius 1 is 1.29 bits per heavy atom. The number of aryl methyl sites for hydroxylation is 1. The van der Waals surface area contributed by atoms with Gasteiger partial charge in [0.1, 0.15) is 0 Å². The maximum absolute atomic E-state index is 5.83. The topological polar surface area (TPSA) is 43.6 Å². The van der Waals surface area contributed by atoms with Crippen molar-refractivity contribution in [2.45, 2.75) is 30.5 Å². The van der Waals surface area contributed by atoms with Crippen LogP contribution in [-0.4, -0.2) is 20.2 Å². The van der Waals surface area contributed by atoms with Gasteiger partial charge < -0.3 is 0 Å². The van der Waals surface area contributed by atoms with Gasteiger partial charge >= 0.3 is 0 Å². The molecular weight excluding hydrogens is 256 g/mol. The Kier molecular flexibility index (Phi) is 4.39. The summed E-state index contributed by atoms with van der Waals surface area (Å²) in [6, 6.07) is 7.78. The van der Waals surface area contributed by atoms with Gasteiger partial charge in [-0.05, 0) is 41.1 Å². The Labute approximate surface area is 109 Å². The van der Waals surface area contributed by atoms with E-state index in [0.29, 0.717) is 0 Å². The molecule has 0 spiro atoms. The van der Waals surface area contributed by atoms with E-state index in [2.05, 4.69) is 22.4 Å². The number of hydrogen-bond acceptors (Lipinski definition) is 4. The van der Waals surface area contributed by atoms with Gasteiger partial charge in [-0.3, -0.25) is 0 Å². The van der Waals surface area contributed by atoms with Gasteiger partial charge in [0.15, 0.2) is 5.82 Å². The van der Waals surface area contributed by atoms with E-state index >= 15 is 0 Å². The lowest BCUT2D eigenvalue weighted by atomic mass is 10.4. The zero-order chi connectivity index (χ0) is 12.1. The second-order valence-electron chi connectivity index (χ2n) is 3.56. The minimum absolute atomic E-state index is 0.755. The van der Waals surface area contributed by atoms with E-state index in [1.54, 1.807) is 11.8 Å². The summed E-state index contributed by atoms with van der Waals surface area (Å²) in [5.74, 6) is 1.68. The fourth-order valence-corrected chi connectivity index (χ4v) is 2.35. The second kappa shape index (κ2) is 6.02. The van der Waals surface area contributed by atoms with Gasteiger partial charge in [0.2, 0.25) is 0 Å². The third-order valence-electron chi connectivity index (χ3n) is 2.22. The molecule has 0 aliphatic heterocycles. The van der Waals surface area contributed by atoms with Gasteiger partial charge in [0.25, 0.3) is 0 Å². The largest absolute Gasteiger partial charge is 0.229 e. The highest BCUT2D eigenvalue weighted by Gasteiger charge is 2.05. The second-order valence-corrected chi connectivity index (χ2v) is 5.05. The maximum Gasteiger partial charge on any atom is 0.161 e. The SMILES string of the molecule is CCCn1nnnc1CSc1ccc(Cl)cc1. The van der Waals surface area contributed by atoms with E-state index in [0.717, 1.165) is 29.6 Å². The van der Waals surface area contributed by atoms with Gasteiger partial charge in [-0.25, -0.2) is 4.68 Å². The molecule has 0 bridgehead atoms. The predicted molar refractivity (Wildman–Crippen MR) is 69.1 cm³/mol. The Morgan fingerprint density at radius 3 is 2.76 bits per heavy atom. The molecule has 0 amide bonds. The average molecular weight is 269 g/mol. The van der Waals surface area contributed by atoms with Crippen LogP contribution < -0.4 is 0 Å². The number of halogens is 1. The predicted octanol–water partition coefficient (Wildman–Crippen LogP) is 3.03. The van der Waals surface area contributed by atoms with E-state index in [4.69, 9.17) is 11.6 Å². The summed E-state index contributed by atoms with van der Waals surface area (Å²) >= 11 is 7.54. The fraction of sp³-hybridized carbons (Fsp3) is 0.364. The highest BCUT2D eigenvalue weighted by Crippen LogP contribution is 2.23. The molecule has 1 aromatic carbocycles. The van der Waals surface area contributed by atoms with Crippen LogP contribution in [0, 0.1) is 0 Å². The number of rotatable bonds is 5. The van der Waals surface area contributed by atoms with E-state index in [1.807, 2.05) is 28.9 Å². The van der Waals surface area contributed by atoms with Crippen molar-refractivity contribution >= 4 is 23.4 Å². The average Bonchev–Trinajstić information content (AvgIpc) is 2.77. The minimum atomic E-state index is 0.755. The summed E-state index contributed by atoms with van der Waals surface area (Å²) in [7, 11) is 0. The first-order valence-corrected chi connectivity index (χ1v) is 6.79. The van der Waals surface area contributed by atoms with E-state index in [9.17, 15) is 0 Å². The molecule has 6 heteroatoms. The van der Waals surface area contributed by atoms with Crippen molar-refractivity contribution in [3.63, 3.8) is 0 Å². The molecule has 0 unspecified atom stereocenters. The fourth-order valence-electron chi connectivity index (χ4n) is 1.39. The van der Waals surface area contributed by atoms with Gasteiger partial charge in [-0.15, -0.1) is 16.9 Å². The number of nitrogens with zero attached hydrogens (tertiary/aromatic N) is 4. The molecular formula is C11H13ClN4S. The molecule has 2 rings (SSSR count). The third kappa shape index (κ3) is 3.44. The van der Waals surface area contributed by atoms with Crippen molar-refractivity contribution in [2.75, 3.05) is 0 Å². The highest BCUT2D eigenvalue weighted by atomic mass is 35.5. The molecule has 0 saturated heterocycles. The molecule has 0 fully saturated rings. The normalized spacial score (nSPS) is 10.7. The third-order valence-corrected chi connectivity index (χ3v) is 3.48. The maximum atomic E-state index is 5.83. The van der Waals surface area contributed by atoms with Crippen molar-refractivity contribution in [2.24, 2.45) is 0 Å². The summed E-state index contributed by atoms with van der Waals surface area (Å²) in [4.78, 5) is 1.17. The molecule has 0 saturated carbocycles. The van der Waals surface area contributed by atoms with Gasteiger partial charge in [-0.1, -0.05) is 18.5 Å². The van der Waals surface area contributed by atoms with Crippen LogP contribution in [0.1, 0.15) is 19.2 Å². The zero-order valence-corrected chi connectivity index (χ0v) is 11.1. The quantitative estimate of drug-likeness (QED) is 0.782. The van der Waals surface area contributed by atoms with E-state index in [1.165, 1.54) is 4.90 Å².